The van der Waals surface area contributed by atoms with Gasteiger partial charge < -0.3 is 15.1 Å². The summed E-state index contributed by atoms with van der Waals surface area (Å²) in [4.78, 5) is 4.15. The van der Waals surface area contributed by atoms with Gasteiger partial charge >= 0.3 is 0 Å². The Morgan fingerprint density at radius 2 is 1.53 bits per heavy atom. The summed E-state index contributed by atoms with van der Waals surface area (Å²) >= 11 is 0. The molecule has 0 saturated carbocycles. The van der Waals surface area contributed by atoms with Crippen molar-refractivity contribution in [2.45, 2.75) is 11.9 Å². The highest BCUT2D eigenvalue weighted by atomic mass is 32.2. The first-order valence-electron chi connectivity index (χ1n) is 5.63. The topological polar surface area (TPSA) is 101 Å². The molecule has 0 spiro atoms. The minimum atomic E-state index is -4.34. The predicted molar refractivity (Wildman–Crippen MR) is 62.1 cm³/mol. The average molecular weight is 268 g/mol. The molecule has 0 bridgehead atoms. The Morgan fingerprint density at radius 3 is 1.94 bits per heavy atom. The molecular weight excluding hydrogens is 248 g/mol. The van der Waals surface area contributed by atoms with Crippen molar-refractivity contribution in [3.63, 3.8) is 0 Å². The van der Waals surface area contributed by atoms with Crippen LogP contribution in [0.2, 0.25) is 0 Å². The largest absolute Gasteiger partial charge is 0.395 e. The van der Waals surface area contributed by atoms with Gasteiger partial charge in [-0.2, -0.15) is 8.42 Å². The highest BCUT2D eigenvalue weighted by Gasteiger charge is 2.22. The van der Waals surface area contributed by atoms with E-state index in [-0.39, 0.29) is 13.0 Å². The fourth-order valence-corrected chi connectivity index (χ4v) is 2.22. The van der Waals surface area contributed by atoms with Crippen molar-refractivity contribution in [1.29, 1.82) is 0 Å². The van der Waals surface area contributed by atoms with E-state index in [1.807, 2.05) is 4.90 Å². The van der Waals surface area contributed by atoms with Crippen LogP contribution in [0.1, 0.15) is 6.42 Å². The number of β-amino-alcohol motifs (C(OH)–C–C–N with tert-alkyl or cyclic N) is 1. The van der Waals surface area contributed by atoms with E-state index in [0.29, 0.717) is 13.1 Å². The number of rotatable bonds is 6. The summed E-state index contributed by atoms with van der Waals surface area (Å²) < 4.78 is 29.8. The summed E-state index contributed by atoms with van der Waals surface area (Å²) in [5.41, 5.74) is -1.70. The van der Waals surface area contributed by atoms with Crippen LogP contribution in [0, 0.1) is 0 Å². The SMILES string of the molecule is O=S(=O)(O)C(O)CCN1CCN(CCO)CC1. The van der Waals surface area contributed by atoms with Crippen LogP contribution < -0.4 is 0 Å². The van der Waals surface area contributed by atoms with E-state index in [0.717, 1.165) is 26.2 Å². The molecule has 0 amide bonds. The number of hydrogen-bond acceptors (Lipinski definition) is 6. The molecule has 1 heterocycles. The minimum Gasteiger partial charge on any atom is -0.395 e. The molecule has 0 aromatic carbocycles. The van der Waals surface area contributed by atoms with Gasteiger partial charge in [0.25, 0.3) is 10.1 Å². The monoisotopic (exact) mass is 268 g/mol. The number of aliphatic hydroxyl groups excluding tert-OH is 2. The third-order valence-electron chi connectivity index (χ3n) is 2.92. The smallest absolute Gasteiger partial charge is 0.292 e. The Balaban J connectivity index is 2.23. The van der Waals surface area contributed by atoms with Gasteiger partial charge in [0, 0.05) is 45.7 Å². The van der Waals surface area contributed by atoms with Gasteiger partial charge in [0.05, 0.1) is 6.61 Å². The van der Waals surface area contributed by atoms with Crippen LogP contribution in [0.15, 0.2) is 0 Å². The molecule has 1 aliphatic heterocycles. The first kappa shape index (κ1) is 14.8. The van der Waals surface area contributed by atoms with Crippen molar-refractivity contribution in [1.82, 2.24) is 9.80 Å². The lowest BCUT2D eigenvalue weighted by Gasteiger charge is -2.34. The number of piperazine rings is 1. The normalized spacial score (nSPS) is 21.6. The maximum Gasteiger partial charge on any atom is 0.292 e. The molecule has 1 rings (SSSR count). The average Bonchev–Trinajstić information content (AvgIpc) is 2.27. The second-order valence-electron chi connectivity index (χ2n) is 4.17. The second kappa shape index (κ2) is 6.62. The highest BCUT2D eigenvalue weighted by Crippen LogP contribution is 2.06. The summed E-state index contributed by atoms with van der Waals surface area (Å²) in [7, 11) is -4.34. The van der Waals surface area contributed by atoms with E-state index in [1.54, 1.807) is 0 Å². The molecule has 8 heteroatoms. The molecule has 1 fully saturated rings. The molecule has 3 N–H and O–H groups in total. The van der Waals surface area contributed by atoms with Gasteiger partial charge in [0.2, 0.25) is 0 Å². The summed E-state index contributed by atoms with van der Waals surface area (Å²) in [6.07, 6.45) is 0.0127. The zero-order valence-corrected chi connectivity index (χ0v) is 10.5. The van der Waals surface area contributed by atoms with Crippen LogP contribution in [-0.2, 0) is 10.1 Å². The van der Waals surface area contributed by atoms with Crippen molar-refractivity contribution >= 4 is 10.1 Å². The summed E-state index contributed by atoms with van der Waals surface area (Å²) in [6.45, 7) is 4.43. The lowest BCUT2D eigenvalue weighted by molar-refractivity contribution is 0.103. The van der Waals surface area contributed by atoms with Crippen LogP contribution in [0.4, 0.5) is 0 Å². The van der Waals surface area contributed by atoms with E-state index in [9.17, 15) is 8.42 Å². The molecule has 102 valence electrons. The molecule has 1 aliphatic rings. The van der Waals surface area contributed by atoms with Crippen LogP contribution in [-0.4, -0.2) is 84.3 Å². The Kier molecular flexibility index (Phi) is 5.77. The lowest BCUT2D eigenvalue weighted by Crippen LogP contribution is -2.47. The van der Waals surface area contributed by atoms with Gasteiger partial charge in [-0.25, -0.2) is 0 Å². The van der Waals surface area contributed by atoms with Gasteiger partial charge in [0.1, 0.15) is 0 Å². The lowest BCUT2D eigenvalue weighted by atomic mass is 10.3. The molecule has 0 radical (unpaired) electrons. The zero-order chi connectivity index (χ0) is 12.9. The van der Waals surface area contributed by atoms with Crippen molar-refractivity contribution in [2.24, 2.45) is 0 Å². The minimum absolute atomic E-state index is 0.0127. The van der Waals surface area contributed by atoms with Crippen LogP contribution in [0.25, 0.3) is 0 Å². The predicted octanol–water partition coefficient (Wildman–Crippen LogP) is -1.81. The Morgan fingerprint density at radius 1 is 1.06 bits per heavy atom. The molecule has 1 saturated heterocycles. The number of aliphatic hydroxyl groups is 2. The highest BCUT2D eigenvalue weighted by molar-refractivity contribution is 7.86. The molecule has 17 heavy (non-hydrogen) atoms. The molecule has 0 aromatic heterocycles. The second-order valence-corrected chi connectivity index (χ2v) is 5.74. The fraction of sp³-hybridized carbons (Fsp3) is 1.00. The Bertz CT molecular complexity index is 313. The summed E-state index contributed by atoms with van der Waals surface area (Å²) in [5, 5.41) is 17.9. The Labute approximate surface area is 101 Å². The van der Waals surface area contributed by atoms with Gasteiger partial charge in [-0.1, -0.05) is 0 Å². The fourth-order valence-electron chi connectivity index (χ4n) is 1.82. The molecule has 0 aromatic rings. The molecular formula is C9H20N2O5S. The number of hydrogen-bond donors (Lipinski definition) is 3. The van der Waals surface area contributed by atoms with Crippen molar-refractivity contribution in [2.75, 3.05) is 45.9 Å². The molecule has 1 atom stereocenters. The van der Waals surface area contributed by atoms with Crippen LogP contribution in [0.3, 0.4) is 0 Å². The number of nitrogens with zero attached hydrogens (tertiary/aromatic N) is 2. The van der Waals surface area contributed by atoms with E-state index in [2.05, 4.69) is 4.90 Å². The van der Waals surface area contributed by atoms with Gasteiger partial charge in [0.15, 0.2) is 5.44 Å². The van der Waals surface area contributed by atoms with Crippen molar-refractivity contribution < 1.29 is 23.2 Å². The van der Waals surface area contributed by atoms with E-state index >= 15 is 0 Å². The quantitative estimate of drug-likeness (QED) is 0.488. The third kappa shape index (κ3) is 5.28. The van der Waals surface area contributed by atoms with Crippen molar-refractivity contribution in [3.8, 4) is 0 Å². The maximum absolute atomic E-state index is 10.6. The Hall–Kier alpha value is -0.250. The van der Waals surface area contributed by atoms with Crippen LogP contribution in [0.5, 0.6) is 0 Å². The summed E-state index contributed by atoms with van der Waals surface area (Å²) in [5.74, 6) is 0. The van der Waals surface area contributed by atoms with Gasteiger partial charge in [-0.3, -0.25) is 9.45 Å². The van der Waals surface area contributed by atoms with E-state index in [4.69, 9.17) is 14.8 Å². The van der Waals surface area contributed by atoms with E-state index < -0.39 is 15.6 Å². The molecule has 0 aliphatic carbocycles. The standard InChI is InChI=1S/C9H20N2O5S/c12-8-7-11-5-3-10(4-6-11)2-1-9(13)17(14,15)16/h9,12-13H,1-8H2,(H,14,15,16). The van der Waals surface area contributed by atoms with Crippen molar-refractivity contribution in [3.05, 3.63) is 0 Å². The molecule has 7 nitrogen and oxygen atoms in total. The summed E-state index contributed by atoms with van der Waals surface area (Å²) in [6, 6.07) is 0. The first-order chi connectivity index (χ1) is 7.93. The maximum atomic E-state index is 10.6. The zero-order valence-electron chi connectivity index (χ0n) is 9.70. The van der Waals surface area contributed by atoms with Gasteiger partial charge in [-0.15, -0.1) is 0 Å². The molecule has 1 unspecified atom stereocenters. The third-order valence-corrected chi connectivity index (χ3v) is 3.84. The van der Waals surface area contributed by atoms with Crippen LogP contribution >= 0.6 is 0 Å². The first-order valence-corrected chi connectivity index (χ1v) is 7.13. The van der Waals surface area contributed by atoms with E-state index in [1.165, 1.54) is 0 Å². The van der Waals surface area contributed by atoms with Gasteiger partial charge in [-0.05, 0) is 0 Å².